The third-order valence-corrected chi connectivity index (χ3v) is 11.3. The Kier molecular flexibility index (Phi) is 4.16. The van der Waals surface area contributed by atoms with Crippen LogP contribution in [0, 0.1) is 0 Å². The van der Waals surface area contributed by atoms with E-state index in [2.05, 4.69) is 127 Å². The second-order valence-corrected chi connectivity index (χ2v) is 13.9. The van der Waals surface area contributed by atoms with Crippen molar-refractivity contribution in [3.8, 4) is 0 Å². The second kappa shape index (κ2) is 7.45. The molecule has 4 aromatic heterocycles. The molecule has 0 saturated carbocycles. The van der Waals surface area contributed by atoms with Gasteiger partial charge in [0.2, 0.25) is 0 Å². The summed E-state index contributed by atoms with van der Waals surface area (Å²) < 4.78 is 20.7. The zero-order valence-electron chi connectivity index (χ0n) is 23.9. The van der Waals surface area contributed by atoms with Gasteiger partial charge in [-0.3, -0.25) is 0 Å². The third kappa shape index (κ3) is 2.67. The summed E-state index contributed by atoms with van der Waals surface area (Å²) in [6.07, 6.45) is 0. The summed E-state index contributed by atoms with van der Waals surface area (Å²) >= 11 is 1.91. The van der Waals surface area contributed by atoms with Crippen molar-refractivity contribution in [3.05, 3.63) is 91.0 Å². The zero-order valence-corrected chi connectivity index (χ0v) is 24.7. The maximum Gasteiger partial charge on any atom is 0.494 e. The van der Waals surface area contributed by atoms with E-state index < -0.39 is 18.3 Å². The lowest BCUT2D eigenvalue weighted by Crippen LogP contribution is -2.41. The summed E-state index contributed by atoms with van der Waals surface area (Å²) in [5.41, 5.74) is 7.66. The van der Waals surface area contributed by atoms with Crippen LogP contribution >= 0.6 is 11.3 Å². The van der Waals surface area contributed by atoms with Crippen LogP contribution in [-0.2, 0) is 9.31 Å². The Bertz CT molecular complexity index is 2590. The molecule has 1 saturated heterocycles. The van der Waals surface area contributed by atoms with Crippen LogP contribution in [0.2, 0.25) is 0 Å². The van der Waals surface area contributed by atoms with Gasteiger partial charge in [-0.25, -0.2) is 0 Å². The highest BCUT2D eigenvalue weighted by Crippen LogP contribution is 2.47. The molecule has 0 N–H and O–H groups in total. The molecule has 0 radical (unpaired) electrons. The monoisotopic (exact) mass is 562 g/mol. The van der Waals surface area contributed by atoms with Gasteiger partial charge in [0.25, 0.3) is 0 Å². The topological polar surface area (TPSA) is 27.3 Å². The van der Waals surface area contributed by atoms with E-state index in [1.54, 1.807) is 0 Å². The fourth-order valence-electron chi connectivity index (χ4n) is 7.35. The Labute approximate surface area is 246 Å². The predicted molar refractivity (Wildman–Crippen MR) is 178 cm³/mol. The summed E-state index contributed by atoms with van der Waals surface area (Å²) in [6, 6.07) is 33.6. The van der Waals surface area contributed by atoms with E-state index in [0.29, 0.717) is 0 Å². The molecule has 0 spiro atoms. The fourth-order valence-corrected chi connectivity index (χ4v) is 8.60. The van der Waals surface area contributed by atoms with Crippen molar-refractivity contribution in [2.45, 2.75) is 38.9 Å². The van der Waals surface area contributed by atoms with E-state index in [1.165, 1.54) is 74.8 Å². The van der Waals surface area contributed by atoms with Crippen molar-refractivity contribution in [3.63, 3.8) is 0 Å². The van der Waals surface area contributed by atoms with Crippen molar-refractivity contribution in [1.82, 2.24) is 8.80 Å². The predicted octanol–water partition coefficient (Wildman–Crippen LogP) is 8.91. The second-order valence-electron chi connectivity index (χ2n) is 12.8. The van der Waals surface area contributed by atoms with Crippen LogP contribution in [0.25, 0.3) is 74.8 Å². The van der Waals surface area contributed by atoms with Gasteiger partial charge in [-0.15, -0.1) is 11.3 Å². The molecule has 4 nitrogen and oxygen atoms in total. The Hall–Kier alpha value is -4.10. The van der Waals surface area contributed by atoms with Crippen LogP contribution in [0.1, 0.15) is 27.7 Å². The first kappa shape index (κ1) is 23.5. The summed E-state index contributed by atoms with van der Waals surface area (Å²) in [5.74, 6) is 0. The van der Waals surface area contributed by atoms with Crippen molar-refractivity contribution in [1.29, 1.82) is 0 Å². The standard InChI is InChI=1S/C36H27BN2O2S/c1-35(2)36(3,4)41-37(40-35)20-16-17-21-23-12-9-14-27-32(23)39(28(21)18-20)29-19-25-22-10-6-8-15-30(22)42-34(25)31-24-11-5-7-13-26(24)38(27)33(29)31/h5-19H,1-4H3. The van der Waals surface area contributed by atoms with Gasteiger partial charge in [0, 0.05) is 41.7 Å². The van der Waals surface area contributed by atoms with Crippen LogP contribution in [0.15, 0.2) is 91.0 Å². The van der Waals surface area contributed by atoms with Gasteiger partial charge in [0.15, 0.2) is 0 Å². The SMILES string of the molecule is CC1(C)OB(c2ccc3c4cccc5c4n(c3c2)c2cc3c4ccccc4sc3c3c4ccccc4n5c32)OC1(C)C. The molecule has 0 bridgehead atoms. The number of para-hydroxylation sites is 2. The highest BCUT2D eigenvalue weighted by molar-refractivity contribution is 7.26. The number of hydrogen-bond acceptors (Lipinski definition) is 3. The minimum Gasteiger partial charge on any atom is -0.399 e. The zero-order chi connectivity index (χ0) is 28.1. The molecule has 0 aliphatic carbocycles. The fraction of sp³-hybridized carbons (Fsp3) is 0.167. The molecule has 1 aliphatic rings. The molecule has 6 heteroatoms. The van der Waals surface area contributed by atoms with Crippen LogP contribution in [0.3, 0.4) is 0 Å². The van der Waals surface area contributed by atoms with E-state index in [9.17, 15) is 0 Å². The van der Waals surface area contributed by atoms with Crippen LogP contribution in [0.4, 0.5) is 0 Å². The van der Waals surface area contributed by atoms with Crippen LogP contribution in [-0.4, -0.2) is 27.1 Å². The molecule has 9 aromatic rings. The van der Waals surface area contributed by atoms with Gasteiger partial charge in [0.05, 0.1) is 44.3 Å². The number of benzene rings is 5. The van der Waals surface area contributed by atoms with E-state index >= 15 is 0 Å². The molecule has 5 aromatic carbocycles. The molecule has 42 heavy (non-hydrogen) atoms. The number of aromatic nitrogens is 2. The molecular weight excluding hydrogens is 535 g/mol. The number of thiophene rings is 1. The van der Waals surface area contributed by atoms with Gasteiger partial charge in [-0.1, -0.05) is 60.7 Å². The summed E-state index contributed by atoms with van der Waals surface area (Å²) in [7, 11) is -0.414. The first-order valence-corrected chi connectivity index (χ1v) is 15.4. The van der Waals surface area contributed by atoms with Gasteiger partial charge < -0.3 is 18.1 Å². The first-order valence-electron chi connectivity index (χ1n) is 14.6. The molecule has 0 atom stereocenters. The molecule has 1 fully saturated rings. The van der Waals surface area contributed by atoms with Crippen LogP contribution < -0.4 is 5.46 Å². The maximum absolute atomic E-state index is 6.50. The lowest BCUT2D eigenvalue weighted by atomic mass is 9.79. The largest absolute Gasteiger partial charge is 0.494 e. The highest BCUT2D eigenvalue weighted by atomic mass is 32.1. The highest BCUT2D eigenvalue weighted by Gasteiger charge is 2.51. The van der Waals surface area contributed by atoms with E-state index in [1.807, 2.05) is 11.3 Å². The minimum absolute atomic E-state index is 0.393. The van der Waals surface area contributed by atoms with Crippen LogP contribution in [0.5, 0.6) is 0 Å². The van der Waals surface area contributed by atoms with Gasteiger partial charge in [0.1, 0.15) is 0 Å². The van der Waals surface area contributed by atoms with Gasteiger partial charge in [-0.05, 0) is 63.5 Å². The summed E-state index contributed by atoms with van der Waals surface area (Å²) in [4.78, 5) is 0. The minimum atomic E-state index is -0.414. The van der Waals surface area contributed by atoms with Gasteiger partial charge >= 0.3 is 7.12 Å². The lowest BCUT2D eigenvalue weighted by Gasteiger charge is -2.32. The molecule has 0 unspecified atom stereocenters. The maximum atomic E-state index is 6.50. The lowest BCUT2D eigenvalue weighted by molar-refractivity contribution is 0.00578. The number of rotatable bonds is 1. The summed E-state index contributed by atoms with van der Waals surface area (Å²) in [5, 5.41) is 7.77. The average Bonchev–Trinajstić information content (AvgIpc) is 3.69. The molecule has 0 amide bonds. The Morgan fingerprint density at radius 2 is 1.26 bits per heavy atom. The summed E-state index contributed by atoms with van der Waals surface area (Å²) in [6.45, 7) is 8.46. The normalized spacial score (nSPS) is 17.2. The smallest absolute Gasteiger partial charge is 0.399 e. The van der Waals surface area contributed by atoms with E-state index in [4.69, 9.17) is 9.31 Å². The Morgan fingerprint density at radius 3 is 2.10 bits per heavy atom. The van der Waals surface area contributed by atoms with Gasteiger partial charge in [-0.2, -0.15) is 0 Å². The Balaban J connectivity index is 1.44. The van der Waals surface area contributed by atoms with Crippen molar-refractivity contribution in [2.24, 2.45) is 0 Å². The quantitative estimate of drug-likeness (QED) is 0.148. The molecular formula is C36H27BN2O2S. The van der Waals surface area contributed by atoms with Crippen molar-refractivity contribution < 1.29 is 9.31 Å². The molecule has 1 aliphatic heterocycles. The molecule has 5 heterocycles. The molecule has 10 rings (SSSR count). The number of hydrogen-bond donors (Lipinski definition) is 0. The molecule has 202 valence electrons. The van der Waals surface area contributed by atoms with Crippen molar-refractivity contribution >= 4 is 98.7 Å². The third-order valence-electron chi connectivity index (χ3n) is 10.1. The average molecular weight is 563 g/mol. The van der Waals surface area contributed by atoms with E-state index in [-0.39, 0.29) is 0 Å². The Morgan fingerprint density at radius 1 is 0.571 bits per heavy atom. The number of nitrogens with zero attached hydrogens (tertiary/aromatic N) is 2. The number of fused-ring (bicyclic) bond motifs is 12. The van der Waals surface area contributed by atoms with Crippen molar-refractivity contribution in [2.75, 3.05) is 0 Å². The van der Waals surface area contributed by atoms with E-state index in [0.717, 1.165) is 5.46 Å². The first-order chi connectivity index (χ1) is 20.3.